The van der Waals surface area contributed by atoms with E-state index in [4.69, 9.17) is 9.15 Å². The number of hydrogen-bond acceptors (Lipinski definition) is 6. The highest BCUT2D eigenvalue weighted by molar-refractivity contribution is 6.30. The third-order valence-corrected chi connectivity index (χ3v) is 4.80. The third kappa shape index (κ3) is 3.93. The molecule has 0 saturated heterocycles. The Morgan fingerprint density at radius 1 is 0.935 bits per heavy atom. The molecule has 1 aromatic heterocycles. The zero-order chi connectivity index (χ0) is 22.0. The van der Waals surface area contributed by atoms with Crippen LogP contribution in [0.1, 0.15) is 44.5 Å². The molecule has 31 heavy (non-hydrogen) atoms. The van der Waals surface area contributed by atoms with Gasteiger partial charge in [0.2, 0.25) is 0 Å². The number of fused-ring (bicyclic) bond motifs is 2. The van der Waals surface area contributed by atoms with Crippen molar-refractivity contribution in [1.82, 2.24) is 0 Å². The van der Waals surface area contributed by atoms with Gasteiger partial charge in [-0.1, -0.05) is 36.4 Å². The van der Waals surface area contributed by atoms with Crippen molar-refractivity contribution in [2.24, 2.45) is 0 Å². The number of rotatable bonds is 5. The van der Waals surface area contributed by atoms with E-state index in [1.165, 1.54) is 25.3 Å². The van der Waals surface area contributed by atoms with Gasteiger partial charge in [-0.05, 0) is 31.2 Å². The van der Waals surface area contributed by atoms with Crippen LogP contribution in [0.2, 0.25) is 0 Å². The number of carbonyl (C=O) groups is 4. The number of esters is 1. The minimum Gasteiger partial charge on any atom is -0.465 e. The van der Waals surface area contributed by atoms with Crippen LogP contribution in [0.3, 0.4) is 0 Å². The molecule has 1 aliphatic rings. The van der Waals surface area contributed by atoms with Crippen molar-refractivity contribution in [3.05, 3.63) is 95.0 Å². The molecule has 1 amide bonds. The normalized spacial score (nSPS) is 13.5. The van der Waals surface area contributed by atoms with Crippen LogP contribution in [-0.4, -0.2) is 29.5 Å². The summed E-state index contributed by atoms with van der Waals surface area (Å²) < 4.78 is 10.2. The Bertz CT molecular complexity index is 1220. The zero-order valence-corrected chi connectivity index (χ0v) is 16.5. The van der Waals surface area contributed by atoms with Crippen molar-refractivity contribution in [2.45, 2.75) is 13.0 Å². The van der Waals surface area contributed by atoms with Crippen molar-refractivity contribution in [1.29, 1.82) is 0 Å². The average molecular weight is 415 g/mol. The molecule has 1 aliphatic carbocycles. The molecule has 3 aromatic rings. The van der Waals surface area contributed by atoms with Crippen molar-refractivity contribution in [2.75, 3.05) is 5.32 Å². The first-order valence-corrected chi connectivity index (χ1v) is 9.50. The Morgan fingerprint density at radius 2 is 1.65 bits per heavy atom. The Balaban J connectivity index is 1.51. The SMILES string of the molecule is C[C@H](OC(=O)/C=C/c1ccco1)C(=O)Nc1cccc2c1C(=O)c1ccccc1C2=O. The second-order valence-corrected chi connectivity index (χ2v) is 6.85. The highest BCUT2D eigenvalue weighted by Crippen LogP contribution is 2.32. The third-order valence-electron chi connectivity index (χ3n) is 4.80. The summed E-state index contributed by atoms with van der Waals surface area (Å²) in [5.41, 5.74) is 1.13. The first-order valence-electron chi connectivity index (χ1n) is 9.50. The van der Waals surface area contributed by atoms with Crippen LogP contribution in [0.25, 0.3) is 6.08 Å². The van der Waals surface area contributed by atoms with E-state index in [1.54, 1.807) is 48.5 Å². The van der Waals surface area contributed by atoms with E-state index in [0.29, 0.717) is 11.3 Å². The van der Waals surface area contributed by atoms with Crippen LogP contribution in [0.15, 0.2) is 71.4 Å². The lowest BCUT2D eigenvalue weighted by atomic mass is 9.83. The summed E-state index contributed by atoms with van der Waals surface area (Å²) in [6.45, 7) is 1.41. The smallest absolute Gasteiger partial charge is 0.331 e. The Labute approximate surface area is 177 Å². The van der Waals surface area contributed by atoms with Gasteiger partial charge in [-0.2, -0.15) is 0 Å². The molecule has 0 bridgehead atoms. The van der Waals surface area contributed by atoms with Gasteiger partial charge in [0.25, 0.3) is 5.91 Å². The van der Waals surface area contributed by atoms with Gasteiger partial charge in [-0.15, -0.1) is 0 Å². The van der Waals surface area contributed by atoms with E-state index in [9.17, 15) is 19.2 Å². The number of ether oxygens (including phenoxy) is 1. The summed E-state index contributed by atoms with van der Waals surface area (Å²) in [6.07, 6.45) is 2.90. The van der Waals surface area contributed by atoms with Gasteiger partial charge >= 0.3 is 5.97 Å². The molecule has 4 rings (SSSR count). The van der Waals surface area contributed by atoms with Crippen LogP contribution in [-0.2, 0) is 14.3 Å². The summed E-state index contributed by atoms with van der Waals surface area (Å²) in [5, 5.41) is 2.59. The lowest BCUT2D eigenvalue weighted by Gasteiger charge is -2.21. The number of furan rings is 1. The van der Waals surface area contributed by atoms with E-state index < -0.39 is 18.0 Å². The summed E-state index contributed by atoms with van der Waals surface area (Å²) in [6, 6.07) is 14.5. The fraction of sp³-hybridized carbons (Fsp3) is 0.0833. The fourth-order valence-electron chi connectivity index (χ4n) is 3.29. The number of benzene rings is 2. The van der Waals surface area contributed by atoms with Gasteiger partial charge < -0.3 is 14.5 Å². The van der Waals surface area contributed by atoms with Gasteiger partial charge in [-0.3, -0.25) is 14.4 Å². The predicted octanol–water partition coefficient (Wildman–Crippen LogP) is 3.64. The highest BCUT2D eigenvalue weighted by atomic mass is 16.5. The molecule has 7 heteroatoms. The summed E-state index contributed by atoms with van der Waals surface area (Å²) in [4.78, 5) is 50.3. The van der Waals surface area contributed by atoms with Gasteiger partial charge in [0.15, 0.2) is 17.7 Å². The molecule has 154 valence electrons. The quantitative estimate of drug-likeness (QED) is 0.394. The molecule has 0 fully saturated rings. The summed E-state index contributed by atoms with van der Waals surface area (Å²) >= 11 is 0. The highest BCUT2D eigenvalue weighted by Gasteiger charge is 2.32. The first-order chi connectivity index (χ1) is 15.0. The molecule has 1 atom stereocenters. The lowest BCUT2D eigenvalue weighted by molar-refractivity contribution is -0.148. The average Bonchev–Trinajstić information content (AvgIpc) is 3.29. The summed E-state index contributed by atoms with van der Waals surface area (Å²) in [7, 11) is 0. The molecule has 0 radical (unpaired) electrons. The summed E-state index contributed by atoms with van der Waals surface area (Å²) in [5.74, 6) is -1.54. The van der Waals surface area contributed by atoms with E-state index in [0.717, 1.165) is 6.08 Å². The molecule has 0 aliphatic heterocycles. The van der Waals surface area contributed by atoms with Crippen LogP contribution in [0.5, 0.6) is 0 Å². The standard InChI is InChI=1S/C24H17NO6/c1-14(31-20(26)12-11-15-6-5-13-30-15)24(29)25-19-10-4-9-18-21(19)23(28)17-8-3-2-7-16(17)22(18)27/h2-14H,1H3,(H,25,29)/b12-11+/t14-/m0/s1. The minimum atomic E-state index is -1.13. The van der Waals surface area contributed by atoms with Crippen LogP contribution >= 0.6 is 0 Å². The number of ketones is 2. The van der Waals surface area contributed by atoms with E-state index in [2.05, 4.69) is 5.32 Å². The molecule has 0 spiro atoms. The fourth-order valence-corrected chi connectivity index (χ4v) is 3.29. The van der Waals surface area contributed by atoms with Gasteiger partial charge in [-0.25, -0.2) is 4.79 Å². The maximum atomic E-state index is 13.0. The Kier molecular flexibility index (Phi) is 5.32. The number of hydrogen-bond donors (Lipinski definition) is 1. The number of anilines is 1. The second kappa shape index (κ2) is 8.23. The van der Waals surface area contributed by atoms with Gasteiger partial charge in [0.05, 0.1) is 17.5 Å². The molecule has 7 nitrogen and oxygen atoms in total. The predicted molar refractivity (Wildman–Crippen MR) is 112 cm³/mol. The molecular formula is C24H17NO6. The molecule has 2 aromatic carbocycles. The van der Waals surface area contributed by atoms with E-state index >= 15 is 0 Å². The molecule has 1 N–H and O–H groups in total. The molecule has 0 unspecified atom stereocenters. The number of nitrogens with one attached hydrogen (secondary N) is 1. The van der Waals surface area contributed by atoms with E-state index in [-0.39, 0.29) is 33.9 Å². The van der Waals surface area contributed by atoms with Crippen LogP contribution in [0, 0.1) is 0 Å². The monoisotopic (exact) mass is 415 g/mol. The van der Waals surface area contributed by atoms with Crippen molar-refractivity contribution in [3.8, 4) is 0 Å². The maximum absolute atomic E-state index is 13.0. The molecular weight excluding hydrogens is 398 g/mol. The number of amides is 1. The number of carbonyl (C=O) groups excluding carboxylic acids is 4. The largest absolute Gasteiger partial charge is 0.465 e. The minimum absolute atomic E-state index is 0.121. The van der Waals surface area contributed by atoms with Crippen LogP contribution in [0.4, 0.5) is 5.69 Å². The topological polar surface area (TPSA) is 103 Å². The molecule has 0 saturated carbocycles. The maximum Gasteiger partial charge on any atom is 0.331 e. The Morgan fingerprint density at radius 3 is 2.35 bits per heavy atom. The molecule has 1 heterocycles. The van der Waals surface area contributed by atoms with Crippen LogP contribution < -0.4 is 5.32 Å². The Hall–Kier alpha value is -4.26. The van der Waals surface area contributed by atoms with E-state index in [1.807, 2.05) is 0 Å². The van der Waals surface area contributed by atoms with Crippen molar-refractivity contribution in [3.63, 3.8) is 0 Å². The second-order valence-electron chi connectivity index (χ2n) is 6.85. The van der Waals surface area contributed by atoms with Gasteiger partial charge in [0.1, 0.15) is 5.76 Å². The zero-order valence-electron chi connectivity index (χ0n) is 16.5. The lowest BCUT2D eigenvalue weighted by Crippen LogP contribution is -2.31. The van der Waals surface area contributed by atoms with Crippen molar-refractivity contribution >= 4 is 35.2 Å². The van der Waals surface area contributed by atoms with Gasteiger partial charge in [0, 0.05) is 22.8 Å². The van der Waals surface area contributed by atoms with Crippen molar-refractivity contribution < 1.29 is 28.3 Å². The first kappa shape index (κ1) is 20.0.